The van der Waals surface area contributed by atoms with Gasteiger partial charge in [0.25, 0.3) is 0 Å². The number of pyridine rings is 1. The molecule has 1 saturated heterocycles. The van der Waals surface area contributed by atoms with E-state index in [2.05, 4.69) is 19.9 Å². The van der Waals surface area contributed by atoms with E-state index in [-0.39, 0.29) is 0 Å². The summed E-state index contributed by atoms with van der Waals surface area (Å²) in [7, 11) is 1.62. The van der Waals surface area contributed by atoms with Crippen LogP contribution in [0.25, 0.3) is 11.2 Å². The van der Waals surface area contributed by atoms with Gasteiger partial charge in [-0.2, -0.15) is 4.98 Å². The molecular formula is C13H18N4O. The van der Waals surface area contributed by atoms with Gasteiger partial charge in [0.1, 0.15) is 5.82 Å². The van der Waals surface area contributed by atoms with Gasteiger partial charge in [-0.15, -0.1) is 0 Å². The van der Waals surface area contributed by atoms with Crippen LogP contribution in [-0.2, 0) is 6.42 Å². The largest absolute Gasteiger partial charge is 0.481 e. The van der Waals surface area contributed by atoms with Crippen LogP contribution in [0.5, 0.6) is 5.88 Å². The van der Waals surface area contributed by atoms with Gasteiger partial charge >= 0.3 is 0 Å². The van der Waals surface area contributed by atoms with Gasteiger partial charge in [0.15, 0.2) is 5.65 Å². The third-order valence-electron chi connectivity index (χ3n) is 3.44. The summed E-state index contributed by atoms with van der Waals surface area (Å²) in [6.45, 7) is 3.54. The van der Waals surface area contributed by atoms with Crippen molar-refractivity contribution in [2.24, 2.45) is 0 Å². The monoisotopic (exact) mass is 246 g/mol. The predicted octanol–water partition coefficient (Wildman–Crippen LogP) is 1.60. The van der Waals surface area contributed by atoms with Gasteiger partial charge in [0.2, 0.25) is 5.88 Å². The zero-order chi connectivity index (χ0) is 12.4. The summed E-state index contributed by atoms with van der Waals surface area (Å²) in [5.41, 5.74) is 1.72. The quantitative estimate of drug-likeness (QED) is 0.890. The Hall–Kier alpha value is -1.62. The van der Waals surface area contributed by atoms with Crippen molar-refractivity contribution in [1.29, 1.82) is 0 Å². The van der Waals surface area contributed by atoms with E-state index in [9.17, 15) is 0 Å². The Labute approximate surface area is 106 Å². The standard InChI is InChI=1S/C13H18N4O/c1-18-12-5-4-10-13(16-12)15-11(14-10)6-9-17-7-2-3-8-17/h4-5H,2-3,6-9H2,1H3,(H,14,15,16). The van der Waals surface area contributed by atoms with Crippen LogP contribution in [0.4, 0.5) is 0 Å². The van der Waals surface area contributed by atoms with Gasteiger partial charge < -0.3 is 14.6 Å². The van der Waals surface area contributed by atoms with Crippen LogP contribution < -0.4 is 4.74 Å². The second kappa shape index (κ2) is 4.94. The van der Waals surface area contributed by atoms with Gasteiger partial charge in [0, 0.05) is 19.0 Å². The van der Waals surface area contributed by atoms with Crippen molar-refractivity contribution in [1.82, 2.24) is 19.9 Å². The molecule has 1 aliphatic heterocycles. The van der Waals surface area contributed by atoms with Crippen LogP contribution in [0.3, 0.4) is 0 Å². The van der Waals surface area contributed by atoms with Crippen molar-refractivity contribution in [3.8, 4) is 5.88 Å². The van der Waals surface area contributed by atoms with E-state index in [4.69, 9.17) is 4.74 Å². The molecule has 5 heteroatoms. The SMILES string of the molecule is COc1ccc2[nH]c(CCN3CCCC3)nc2n1. The zero-order valence-corrected chi connectivity index (χ0v) is 10.6. The molecule has 0 bridgehead atoms. The molecule has 3 heterocycles. The van der Waals surface area contributed by atoms with E-state index in [0.717, 1.165) is 30.0 Å². The van der Waals surface area contributed by atoms with E-state index in [1.807, 2.05) is 12.1 Å². The highest BCUT2D eigenvalue weighted by Gasteiger charge is 2.12. The smallest absolute Gasteiger partial charge is 0.215 e. The van der Waals surface area contributed by atoms with Crippen LogP contribution in [0, 0.1) is 0 Å². The molecule has 5 nitrogen and oxygen atoms in total. The third kappa shape index (κ3) is 2.31. The second-order valence-corrected chi connectivity index (χ2v) is 4.71. The van der Waals surface area contributed by atoms with Crippen LogP contribution in [0.2, 0.25) is 0 Å². The Morgan fingerprint density at radius 2 is 2.11 bits per heavy atom. The van der Waals surface area contributed by atoms with E-state index in [1.54, 1.807) is 7.11 Å². The highest BCUT2D eigenvalue weighted by atomic mass is 16.5. The number of H-pyrrole nitrogens is 1. The van der Waals surface area contributed by atoms with E-state index in [0.29, 0.717) is 5.88 Å². The van der Waals surface area contributed by atoms with Crippen LogP contribution in [-0.4, -0.2) is 46.6 Å². The summed E-state index contributed by atoms with van der Waals surface area (Å²) < 4.78 is 5.10. The first-order chi connectivity index (χ1) is 8.85. The third-order valence-corrected chi connectivity index (χ3v) is 3.44. The molecule has 0 amide bonds. The van der Waals surface area contributed by atoms with Gasteiger partial charge in [-0.05, 0) is 32.0 Å². The average Bonchev–Trinajstić information content (AvgIpc) is 3.04. The van der Waals surface area contributed by atoms with Crippen molar-refractivity contribution >= 4 is 11.2 Å². The number of hydrogen-bond acceptors (Lipinski definition) is 4. The van der Waals surface area contributed by atoms with Crippen LogP contribution in [0.15, 0.2) is 12.1 Å². The fourth-order valence-corrected chi connectivity index (χ4v) is 2.43. The average molecular weight is 246 g/mol. The molecule has 0 aliphatic carbocycles. The summed E-state index contributed by atoms with van der Waals surface area (Å²) in [5.74, 6) is 1.62. The summed E-state index contributed by atoms with van der Waals surface area (Å²) in [6.07, 6.45) is 3.62. The number of likely N-dealkylation sites (tertiary alicyclic amines) is 1. The summed E-state index contributed by atoms with van der Waals surface area (Å²) >= 11 is 0. The van der Waals surface area contributed by atoms with Crippen molar-refractivity contribution in [3.63, 3.8) is 0 Å². The molecule has 1 aliphatic rings. The van der Waals surface area contributed by atoms with E-state index in [1.165, 1.54) is 25.9 Å². The minimum atomic E-state index is 0.611. The number of ether oxygens (including phenoxy) is 1. The Bertz CT molecular complexity index is 531. The zero-order valence-electron chi connectivity index (χ0n) is 10.6. The summed E-state index contributed by atoms with van der Waals surface area (Å²) in [6, 6.07) is 3.82. The van der Waals surface area contributed by atoms with Crippen molar-refractivity contribution in [2.45, 2.75) is 19.3 Å². The van der Waals surface area contributed by atoms with E-state index < -0.39 is 0 Å². The first-order valence-corrected chi connectivity index (χ1v) is 6.47. The predicted molar refractivity (Wildman–Crippen MR) is 69.8 cm³/mol. The minimum Gasteiger partial charge on any atom is -0.481 e. The lowest BCUT2D eigenvalue weighted by Crippen LogP contribution is -2.22. The lowest BCUT2D eigenvalue weighted by molar-refractivity contribution is 0.341. The summed E-state index contributed by atoms with van der Waals surface area (Å²) in [4.78, 5) is 14.6. The molecule has 0 spiro atoms. The number of rotatable bonds is 4. The fraction of sp³-hybridized carbons (Fsp3) is 0.538. The molecule has 0 aromatic carbocycles. The molecule has 18 heavy (non-hydrogen) atoms. The maximum absolute atomic E-state index is 5.10. The fourth-order valence-electron chi connectivity index (χ4n) is 2.43. The van der Waals surface area contributed by atoms with Crippen molar-refractivity contribution < 1.29 is 4.74 Å². The molecule has 2 aromatic heterocycles. The van der Waals surface area contributed by atoms with Gasteiger partial charge in [-0.25, -0.2) is 4.98 Å². The number of methoxy groups -OCH3 is 1. The normalized spacial score (nSPS) is 16.5. The number of aromatic nitrogens is 3. The topological polar surface area (TPSA) is 54.0 Å². The number of imidazole rings is 1. The second-order valence-electron chi connectivity index (χ2n) is 4.71. The lowest BCUT2D eigenvalue weighted by Gasteiger charge is -2.12. The molecule has 2 aromatic rings. The van der Waals surface area contributed by atoms with Crippen LogP contribution in [0.1, 0.15) is 18.7 Å². The maximum Gasteiger partial charge on any atom is 0.215 e. The van der Waals surface area contributed by atoms with Gasteiger partial charge in [0.05, 0.1) is 12.6 Å². The molecule has 1 fully saturated rings. The Kier molecular flexibility index (Phi) is 3.15. The number of aromatic amines is 1. The number of hydrogen-bond donors (Lipinski definition) is 1. The number of nitrogens with one attached hydrogen (secondary N) is 1. The maximum atomic E-state index is 5.10. The number of fused-ring (bicyclic) bond motifs is 1. The molecule has 0 saturated carbocycles. The molecule has 0 radical (unpaired) electrons. The molecule has 0 atom stereocenters. The molecule has 1 N–H and O–H groups in total. The minimum absolute atomic E-state index is 0.611. The first-order valence-electron chi connectivity index (χ1n) is 6.47. The number of nitrogens with zero attached hydrogens (tertiary/aromatic N) is 3. The molecule has 96 valence electrons. The highest BCUT2D eigenvalue weighted by molar-refractivity contribution is 5.71. The molecule has 3 rings (SSSR count). The lowest BCUT2D eigenvalue weighted by atomic mass is 10.4. The van der Waals surface area contributed by atoms with Gasteiger partial charge in [-0.1, -0.05) is 0 Å². The molecule has 0 unspecified atom stereocenters. The van der Waals surface area contributed by atoms with Crippen LogP contribution >= 0.6 is 0 Å². The highest BCUT2D eigenvalue weighted by Crippen LogP contribution is 2.15. The van der Waals surface area contributed by atoms with Crippen molar-refractivity contribution in [3.05, 3.63) is 18.0 Å². The Balaban J connectivity index is 1.72. The van der Waals surface area contributed by atoms with E-state index >= 15 is 0 Å². The first kappa shape index (κ1) is 11.5. The Morgan fingerprint density at radius 1 is 1.28 bits per heavy atom. The van der Waals surface area contributed by atoms with Gasteiger partial charge in [-0.3, -0.25) is 0 Å². The Morgan fingerprint density at radius 3 is 2.89 bits per heavy atom. The van der Waals surface area contributed by atoms with Crippen molar-refractivity contribution in [2.75, 3.05) is 26.7 Å². The summed E-state index contributed by atoms with van der Waals surface area (Å²) in [5, 5.41) is 0. The molecular weight excluding hydrogens is 228 g/mol.